The lowest BCUT2D eigenvalue weighted by Crippen LogP contribution is -2.40. The lowest BCUT2D eigenvalue weighted by atomic mass is 9.99. The Morgan fingerprint density at radius 1 is 1.07 bits per heavy atom. The highest BCUT2D eigenvalue weighted by molar-refractivity contribution is 14.0. The van der Waals surface area contributed by atoms with E-state index < -0.39 is 0 Å². The highest BCUT2D eigenvalue weighted by Crippen LogP contribution is 2.19. The third-order valence-electron chi connectivity index (χ3n) is 5.51. The predicted molar refractivity (Wildman–Crippen MR) is 134 cm³/mol. The molecule has 0 saturated heterocycles. The number of nitrogens with one attached hydrogen (secondary N) is 2. The van der Waals surface area contributed by atoms with Crippen molar-refractivity contribution in [3.05, 3.63) is 71.3 Å². The first-order valence-corrected chi connectivity index (χ1v) is 10.5. The highest BCUT2D eigenvalue weighted by atomic mass is 127. The Morgan fingerprint density at radius 2 is 1.77 bits per heavy atom. The van der Waals surface area contributed by atoms with Gasteiger partial charge in [-0.3, -0.25) is 9.79 Å². The Balaban J connectivity index is 0.00000320. The molecule has 5 nitrogen and oxygen atoms in total. The zero-order chi connectivity index (χ0) is 20.5. The van der Waals surface area contributed by atoms with Gasteiger partial charge >= 0.3 is 0 Å². The molecule has 0 aromatic heterocycles. The minimum atomic E-state index is 0. The van der Waals surface area contributed by atoms with Crippen LogP contribution >= 0.6 is 24.0 Å². The molecule has 0 radical (unpaired) electrons. The monoisotopic (exact) mass is 520 g/mol. The maximum Gasteiger partial charge on any atom is 0.222 e. The summed E-state index contributed by atoms with van der Waals surface area (Å²) in [6.45, 7) is 5.31. The molecule has 1 aliphatic rings. The Hall–Kier alpha value is -2.09. The number of carbonyl (C=O) groups excluding carboxylic acids is 1. The van der Waals surface area contributed by atoms with E-state index in [2.05, 4.69) is 65.0 Å². The molecule has 0 fully saturated rings. The molecule has 0 saturated carbocycles. The van der Waals surface area contributed by atoms with Crippen molar-refractivity contribution in [3.63, 3.8) is 0 Å². The van der Waals surface area contributed by atoms with Crippen LogP contribution in [0.2, 0.25) is 0 Å². The van der Waals surface area contributed by atoms with E-state index in [0.717, 1.165) is 45.0 Å². The standard InChI is InChI=1S/C24H32N4O.HI/c1-19(20-9-4-3-5-10-20)17-27-24(25-2)26-15-8-13-23(29)28-16-14-21-11-6-7-12-22(21)18-28;/h3-7,9-12,19H,8,13-18H2,1-2H3,(H2,25,26,27);1H. The fourth-order valence-corrected chi connectivity index (χ4v) is 3.68. The molecule has 0 spiro atoms. The Bertz CT molecular complexity index is 825. The largest absolute Gasteiger partial charge is 0.356 e. The summed E-state index contributed by atoms with van der Waals surface area (Å²) in [6.07, 6.45) is 2.31. The number of hydrogen-bond acceptors (Lipinski definition) is 2. The van der Waals surface area contributed by atoms with Gasteiger partial charge < -0.3 is 15.5 Å². The summed E-state index contributed by atoms with van der Waals surface area (Å²) in [5.74, 6) is 1.42. The van der Waals surface area contributed by atoms with Gasteiger partial charge in [0.25, 0.3) is 0 Å². The molecule has 1 heterocycles. The molecule has 1 amide bonds. The Morgan fingerprint density at radius 3 is 2.50 bits per heavy atom. The van der Waals surface area contributed by atoms with Crippen molar-refractivity contribution < 1.29 is 4.79 Å². The van der Waals surface area contributed by atoms with E-state index >= 15 is 0 Å². The minimum absolute atomic E-state index is 0. The summed E-state index contributed by atoms with van der Waals surface area (Å²) in [5, 5.41) is 6.69. The third kappa shape index (κ3) is 7.00. The van der Waals surface area contributed by atoms with Gasteiger partial charge in [-0.25, -0.2) is 0 Å². The fourth-order valence-electron chi connectivity index (χ4n) is 3.68. The molecule has 6 heteroatoms. The summed E-state index contributed by atoms with van der Waals surface area (Å²) >= 11 is 0. The van der Waals surface area contributed by atoms with Crippen LogP contribution in [0.1, 0.15) is 42.4 Å². The van der Waals surface area contributed by atoms with Crippen molar-refractivity contribution in [1.29, 1.82) is 0 Å². The summed E-state index contributed by atoms with van der Waals surface area (Å²) in [6, 6.07) is 18.9. The van der Waals surface area contributed by atoms with Crippen LogP contribution in [0.5, 0.6) is 0 Å². The molecule has 2 aromatic rings. The Kier molecular flexibility index (Phi) is 10.1. The van der Waals surface area contributed by atoms with Crippen LogP contribution in [-0.4, -0.2) is 43.4 Å². The van der Waals surface area contributed by atoms with Gasteiger partial charge in [-0.2, -0.15) is 0 Å². The normalized spacial score (nSPS) is 14.3. The summed E-state index contributed by atoms with van der Waals surface area (Å²) < 4.78 is 0. The smallest absolute Gasteiger partial charge is 0.222 e. The molecule has 1 atom stereocenters. The SMILES string of the molecule is CN=C(NCCCC(=O)N1CCc2ccccc2C1)NCC(C)c1ccccc1.I. The number of rotatable bonds is 7. The molecule has 162 valence electrons. The molecule has 1 aliphatic heterocycles. The number of halogens is 1. The first-order valence-electron chi connectivity index (χ1n) is 10.5. The summed E-state index contributed by atoms with van der Waals surface area (Å²) in [7, 11) is 1.78. The van der Waals surface area contributed by atoms with Gasteiger partial charge in [0.1, 0.15) is 0 Å². The number of hydrogen-bond donors (Lipinski definition) is 2. The van der Waals surface area contributed by atoms with E-state index in [-0.39, 0.29) is 29.9 Å². The van der Waals surface area contributed by atoms with Gasteiger partial charge in [-0.05, 0) is 35.4 Å². The first kappa shape index (κ1) is 24.2. The minimum Gasteiger partial charge on any atom is -0.356 e. The molecule has 0 bridgehead atoms. The second-order valence-electron chi connectivity index (χ2n) is 7.63. The molecule has 0 aliphatic carbocycles. The lowest BCUT2D eigenvalue weighted by Gasteiger charge is -2.29. The Labute approximate surface area is 197 Å². The third-order valence-corrected chi connectivity index (χ3v) is 5.51. The zero-order valence-corrected chi connectivity index (χ0v) is 20.3. The summed E-state index contributed by atoms with van der Waals surface area (Å²) in [4.78, 5) is 18.8. The van der Waals surface area contributed by atoms with Crippen LogP contribution in [-0.2, 0) is 17.8 Å². The van der Waals surface area contributed by atoms with Crippen molar-refractivity contribution in [2.24, 2.45) is 4.99 Å². The predicted octanol–water partition coefficient (Wildman–Crippen LogP) is 3.94. The van der Waals surface area contributed by atoms with Crippen molar-refractivity contribution in [2.45, 2.75) is 38.6 Å². The number of fused-ring (bicyclic) bond motifs is 1. The van der Waals surface area contributed by atoms with Crippen LogP contribution in [0.4, 0.5) is 0 Å². The average Bonchev–Trinajstić information content (AvgIpc) is 2.78. The van der Waals surface area contributed by atoms with Gasteiger partial charge in [-0.1, -0.05) is 61.5 Å². The van der Waals surface area contributed by atoms with Crippen LogP contribution in [0.25, 0.3) is 0 Å². The second kappa shape index (κ2) is 12.6. The maximum absolute atomic E-state index is 12.5. The van der Waals surface area contributed by atoms with Crippen molar-refractivity contribution >= 4 is 35.8 Å². The lowest BCUT2D eigenvalue weighted by molar-refractivity contribution is -0.132. The van der Waals surface area contributed by atoms with Crippen LogP contribution in [0.15, 0.2) is 59.6 Å². The highest BCUT2D eigenvalue weighted by Gasteiger charge is 2.19. The van der Waals surface area contributed by atoms with E-state index in [1.807, 2.05) is 17.0 Å². The number of carbonyl (C=O) groups is 1. The molecule has 2 N–H and O–H groups in total. The van der Waals surface area contributed by atoms with Crippen molar-refractivity contribution in [2.75, 3.05) is 26.7 Å². The number of aliphatic imine (C=N–C) groups is 1. The average molecular weight is 520 g/mol. The van der Waals surface area contributed by atoms with E-state index in [0.29, 0.717) is 12.3 Å². The van der Waals surface area contributed by atoms with Gasteiger partial charge in [0.05, 0.1) is 0 Å². The molecular weight excluding hydrogens is 487 g/mol. The van der Waals surface area contributed by atoms with Crippen molar-refractivity contribution in [1.82, 2.24) is 15.5 Å². The number of benzene rings is 2. The van der Waals surface area contributed by atoms with E-state index in [1.165, 1.54) is 16.7 Å². The topological polar surface area (TPSA) is 56.7 Å². The maximum atomic E-state index is 12.5. The molecule has 3 rings (SSSR count). The fraction of sp³-hybridized carbons (Fsp3) is 0.417. The second-order valence-corrected chi connectivity index (χ2v) is 7.63. The number of amides is 1. The van der Waals surface area contributed by atoms with E-state index in [1.54, 1.807) is 7.05 Å². The number of guanidine groups is 1. The van der Waals surface area contributed by atoms with E-state index in [4.69, 9.17) is 0 Å². The quantitative estimate of drug-likeness (QED) is 0.252. The van der Waals surface area contributed by atoms with Crippen LogP contribution in [0, 0.1) is 0 Å². The zero-order valence-electron chi connectivity index (χ0n) is 17.9. The van der Waals surface area contributed by atoms with Gasteiger partial charge in [0.15, 0.2) is 5.96 Å². The van der Waals surface area contributed by atoms with Crippen LogP contribution in [0.3, 0.4) is 0 Å². The molecule has 1 unspecified atom stereocenters. The van der Waals surface area contributed by atoms with Crippen molar-refractivity contribution in [3.8, 4) is 0 Å². The molecular formula is C24H33IN4O. The molecule has 30 heavy (non-hydrogen) atoms. The van der Waals surface area contributed by atoms with Gasteiger partial charge in [0.2, 0.25) is 5.91 Å². The first-order chi connectivity index (χ1) is 14.2. The van der Waals surface area contributed by atoms with Gasteiger partial charge in [-0.15, -0.1) is 24.0 Å². The van der Waals surface area contributed by atoms with Crippen LogP contribution < -0.4 is 10.6 Å². The number of nitrogens with zero attached hydrogens (tertiary/aromatic N) is 2. The van der Waals surface area contributed by atoms with E-state index in [9.17, 15) is 4.79 Å². The summed E-state index contributed by atoms with van der Waals surface area (Å²) in [5.41, 5.74) is 3.96. The van der Waals surface area contributed by atoms with Gasteiger partial charge in [0, 0.05) is 39.6 Å². The molecule has 2 aromatic carbocycles.